The molecule has 1 aromatic rings. The van der Waals surface area contributed by atoms with Crippen LogP contribution in [-0.4, -0.2) is 19.5 Å². The first-order valence-electron chi connectivity index (χ1n) is 2.66. The Labute approximate surface area is 77.5 Å². The van der Waals surface area contributed by atoms with Crippen molar-refractivity contribution in [3.8, 4) is 0 Å². The van der Waals surface area contributed by atoms with Gasteiger partial charge in [0, 0.05) is 0 Å². The Hall–Kier alpha value is 0.189. The van der Waals surface area contributed by atoms with Gasteiger partial charge in [-0.2, -0.15) is 0 Å². The number of benzene rings is 1. The second-order valence-corrected chi connectivity index (χ2v) is 3.90. The predicted octanol–water partition coefficient (Wildman–Crippen LogP) is 2.23. The van der Waals surface area contributed by atoms with Gasteiger partial charge in [-0.05, 0) is 0 Å². The molecular weight excluding hydrogens is 234 g/mol. The Balaban J connectivity index is 3.15. The van der Waals surface area contributed by atoms with Gasteiger partial charge in [-0.15, -0.1) is 0 Å². The van der Waals surface area contributed by atoms with E-state index in [0.29, 0.717) is 8.90 Å². The van der Waals surface area contributed by atoms with E-state index in [2.05, 4.69) is 15.6 Å². The fourth-order valence-electron chi connectivity index (χ4n) is 0.621. The van der Waals surface area contributed by atoms with E-state index in [1.165, 1.54) is 0 Å². The molecule has 0 atom stereocenters. The second-order valence-electron chi connectivity index (χ2n) is 1.75. The summed E-state index contributed by atoms with van der Waals surface area (Å²) in [4.78, 5) is 0. The van der Waals surface area contributed by atoms with Gasteiger partial charge in [-0.3, -0.25) is 0 Å². The summed E-state index contributed by atoms with van der Waals surface area (Å²) < 4.78 is 0.602. The van der Waals surface area contributed by atoms with Crippen molar-refractivity contribution >= 4 is 42.7 Å². The Morgan fingerprint density at radius 3 is 2.30 bits per heavy atom. The molecule has 0 bridgehead atoms. The number of rotatable bonds is 1. The van der Waals surface area contributed by atoms with Gasteiger partial charge >= 0.3 is 77.5 Å². The normalized spacial score (nSPS) is 9.40. The minimum atomic E-state index is 0.602. The Kier molecular flexibility index (Phi) is 2.94. The van der Waals surface area contributed by atoms with Crippen molar-refractivity contribution in [3.63, 3.8) is 0 Å². The summed E-state index contributed by atoms with van der Waals surface area (Å²) in [6, 6.07) is 7.42. The summed E-state index contributed by atoms with van der Waals surface area (Å²) in [5.74, 6) is 0. The Morgan fingerprint density at radius 1 is 1.30 bits per heavy atom. The standard InChI is InChI=1S/C7H4Cl2Se/c8-6-4-2-1-3-5(6)7(9)10/h1-4H. The molecule has 0 amide bonds. The van der Waals surface area contributed by atoms with Crippen molar-refractivity contribution in [1.82, 2.24) is 0 Å². The third-order valence-corrected chi connectivity index (χ3v) is 2.08. The second kappa shape index (κ2) is 3.54. The van der Waals surface area contributed by atoms with Gasteiger partial charge < -0.3 is 0 Å². The topological polar surface area (TPSA) is 0 Å². The molecule has 52 valence electrons. The molecule has 0 fully saturated rings. The summed E-state index contributed by atoms with van der Waals surface area (Å²) in [7, 11) is 0. The van der Waals surface area contributed by atoms with Gasteiger partial charge in [0.2, 0.25) is 0 Å². The first-order valence-corrected chi connectivity index (χ1v) is 4.27. The predicted molar refractivity (Wildman–Crippen MR) is 47.2 cm³/mol. The Morgan fingerprint density at radius 2 is 1.90 bits per heavy atom. The van der Waals surface area contributed by atoms with Crippen LogP contribution in [0.1, 0.15) is 5.56 Å². The molecule has 0 heterocycles. The molecule has 1 rings (SSSR count). The van der Waals surface area contributed by atoms with Crippen molar-refractivity contribution in [2.45, 2.75) is 0 Å². The van der Waals surface area contributed by atoms with Crippen molar-refractivity contribution in [1.29, 1.82) is 0 Å². The summed E-state index contributed by atoms with van der Waals surface area (Å²) in [6.45, 7) is 0. The fourth-order valence-corrected chi connectivity index (χ4v) is 1.56. The molecule has 0 aliphatic carbocycles. The van der Waals surface area contributed by atoms with Crippen LogP contribution in [0.3, 0.4) is 0 Å². The van der Waals surface area contributed by atoms with Crippen molar-refractivity contribution in [3.05, 3.63) is 34.9 Å². The van der Waals surface area contributed by atoms with Crippen LogP contribution in [0.25, 0.3) is 0 Å². The van der Waals surface area contributed by atoms with Gasteiger partial charge in [-0.25, -0.2) is 0 Å². The van der Waals surface area contributed by atoms with Gasteiger partial charge in [0.1, 0.15) is 0 Å². The van der Waals surface area contributed by atoms with E-state index < -0.39 is 0 Å². The van der Waals surface area contributed by atoms with E-state index in [9.17, 15) is 0 Å². The van der Waals surface area contributed by atoms with E-state index in [1.807, 2.05) is 18.2 Å². The number of hydrogen-bond donors (Lipinski definition) is 0. The summed E-state index contributed by atoms with van der Waals surface area (Å²) >= 11 is 14.2. The van der Waals surface area contributed by atoms with Crippen LogP contribution < -0.4 is 0 Å². The summed E-state index contributed by atoms with van der Waals surface area (Å²) in [6.07, 6.45) is 0. The van der Waals surface area contributed by atoms with Crippen LogP contribution >= 0.6 is 23.2 Å². The van der Waals surface area contributed by atoms with Crippen LogP contribution in [0.5, 0.6) is 0 Å². The zero-order valence-corrected chi connectivity index (χ0v) is 8.20. The number of halogens is 2. The van der Waals surface area contributed by atoms with E-state index >= 15 is 0 Å². The molecule has 1 aromatic carbocycles. The summed E-state index contributed by atoms with van der Waals surface area (Å²) in [5, 5.41) is 0.672. The SMILES string of the molecule is ClC(=[Se])c1ccccc1Cl. The molecule has 0 nitrogen and oxygen atoms in total. The van der Waals surface area contributed by atoms with Crippen molar-refractivity contribution < 1.29 is 0 Å². The zero-order chi connectivity index (χ0) is 7.56. The van der Waals surface area contributed by atoms with E-state index in [0.717, 1.165) is 5.56 Å². The maximum atomic E-state index is 5.79. The van der Waals surface area contributed by atoms with Crippen molar-refractivity contribution in [2.75, 3.05) is 0 Å². The average molecular weight is 238 g/mol. The molecular formula is C7H4Cl2Se. The van der Waals surface area contributed by atoms with Crippen molar-refractivity contribution in [2.24, 2.45) is 0 Å². The van der Waals surface area contributed by atoms with Crippen LogP contribution in [-0.2, 0) is 0 Å². The molecule has 0 radical (unpaired) electrons. The average Bonchev–Trinajstić information content (AvgIpc) is 1.88. The van der Waals surface area contributed by atoms with E-state index in [1.54, 1.807) is 6.07 Å². The third-order valence-electron chi connectivity index (χ3n) is 1.09. The molecule has 3 heteroatoms. The van der Waals surface area contributed by atoms with Crippen LogP contribution in [0.2, 0.25) is 5.02 Å². The van der Waals surface area contributed by atoms with E-state index in [4.69, 9.17) is 23.2 Å². The number of hydrogen-bond acceptors (Lipinski definition) is 0. The molecule has 0 saturated heterocycles. The quantitative estimate of drug-likeness (QED) is 0.658. The molecule has 0 N–H and O–H groups in total. The monoisotopic (exact) mass is 238 g/mol. The molecule has 0 aromatic heterocycles. The summed E-state index contributed by atoms with van der Waals surface area (Å²) in [5.41, 5.74) is 0.853. The zero-order valence-electron chi connectivity index (χ0n) is 4.97. The van der Waals surface area contributed by atoms with E-state index in [-0.39, 0.29) is 0 Å². The van der Waals surface area contributed by atoms with Crippen LogP contribution in [0.15, 0.2) is 24.3 Å². The van der Waals surface area contributed by atoms with Crippen LogP contribution in [0.4, 0.5) is 0 Å². The molecule has 0 unspecified atom stereocenters. The third kappa shape index (κ3) is 1.83. The minimum absolute atomic E-state index is 0.602. The molecule has 0 spiro atoms. The first-order chi connectivity index (χ1) is 4.72. The Bertz CT molecular complexity index is 258. The molecule has 10 heavy (non-hydrogen) atoms. The molecule has 0 saturated carbocycles. The van der Waals surface area contributed by atoms with Gasteiger partial charge in [0.15, 0.2) is 0 Å². The maximum absolute atomic E-state index is 5.79. The molecule has 0 aliphatic rings. The van der Waals surface area contributed by atoms with Gasteiger partial charge in [0.25, 0.3) is 0 Å². The van der Waals surface area contributed by atoms with Gasteiger partial charge in [0.05, 0.1) is 0 Å². The molecule has 0 aliphatic heterocycles. The van der Waals surface area contributed by atoms with Gasteiger partial charge in [-0.1, -0.05) is 0 Å². The van der Waals surface area contributed by atoms with Crippen LogP contribution in [0, 0.1) is 0 Å². The first kappa shape index (κ1) is 8.29. The fraction of sp³-hybridized carbons (Fsp3) is 0.